The van der Waals surface area contributed by atoms with Crippen LogP contribution in [0, 0.1) is 0 Å². The van der Waals surface area contributed by atoms with Gasteiger partial charge in [-0.2, -0.15) is 0 Å². The molecule has 130 valence electrons. The van der Waals surface area contributed by atoms with Gasteiger partial charge >= 0.3 is 6.03 Å². The Hall–Kier alpha value is -3.02. The Morgan fingerprint density at radius 3 is 2.52 bits per heavy atom. The molecule has 1 aliphatic heterocycles. The molecular weight excluding hydrogens is 318 g/mol. The first-order chi connectivity index (χ1) is 12.2. The molecule has 0 atom stereocenters. The molecule has 1 aliphatic rings. The Labute approximate surface area is 146 Å². The lowest BCUT2D eigenvalue weighted by Crippen LogP contribution is -2.46. The van der Waals surface area contributed by atoms with E-state index in [1.54, 1.807) is 12.0 Å². The molecule has 6 nitrogen and oxygen atoms in total. The van der Waals surface area contributed by atoms with Crippen LogP contribution in [0.1, 0.15) is 12.0 Å². The second kappa shape index (κ2) is 7.70. The number of nitrogens with zero attached hydrogens (tertiary/aromatic N) is 1. The quantitative estimate of drug-likeness (QED) is 0.880. The third-order valence-electron chi connectivity index (χ3n) is 4.07. The Morgan fingerprint density at radius 2 is 1.88 bits per heavy atom. The van der Waals surface area contributed by atoms with Crippen LogP contribution in [0.2, 0.25) is 0 Å². The SMILES string of the molecule is COc1ccc(CC(=O)Nc2ccc(N3CCCNC3=O)cc2)cc1. The van der Waals surface area contributed by atoms with Crippen LogP contribution in [-0.4, -0.2) is 32.1 Å². The van der Waals surface area contributed by atoms with Crippen LogP contribution in [0.4, 0.5) is 16.2 Å². The van der Waals surface area contributed by atoms with Crippen molar-refractivity contribution in [3.05, 3.63) is 54.1 Å². The second-order valence-corrected chi connectivity index (χ2v) is 5.86. The zero-order valence-corrected chi connectivity index (χ0v) is 14.1. The molecule has 1 saturated heterocycles. The molecule has 3 amide bonds. The van der Waals surface area contributed by atoms with E-state index in [0.717, 1.165) is 30.0 Å². The number of hydrogen-bond acceptors (Lipinski definition) is 3. The van der Waals surface area contributed by atoms with E-state index in [0.29, 0.717) is 18.7 Å². The van der Waals surface area contributed by atoms with Gasteiger partial charge in [-0.05, 0) is 48.4 Å². The van der Waals surface area contributed by atoms with Crippen molar-refractivity contribution in [1.29, 1.82) is 0 Å². The van der Waals surface area contributed by atoms with E-state index in [4.69, 9.17) is 4.74 Å². The standard InChI is InChI=1S/C19H21N3O3/c1-25-17-9-3-14(4-10-17)13-18(23)21-15-5-7-16(8-6-15)22-12-2-11-20-19(22)24/h3-10H,2,11-13H2,1H3,(H,20,24)(H,21,23). The molecule has 1 heterocycles. The number of benzene rings is 2. The highest BCUT2D eigenvalue weighted by Crippen LogP contribution is 2.20. The average Bonchev–Trinajstić information content (AvgIpc) is 2.63. The maximum atomic E-state index is 12.2. The van der Waals surface area contributed by atoms with E-state index in [1.165, 1.54) is 0 Å². The summed E-state index contributed by atoms with van der Waals surface area (Å²) in [6, 6.07) is 14.6. The number of carbonyl (C=O) groups is 2. The van der Waals surface area contributed by atoms with Gasteiger partial charge in [-0.1, -0.05) is 12.1 Å². The van der Waals surface area contributed by atoms with E-state index in [1.807, 2.05) is 48.5 Å². The summed E-state index contributed by atoms with van der Waals surface area (Å²) in [5, 5.41) is 5.69. The first kappa shape index (κ1) is 16.8. The van der Waals surface area contributed by atoms with E-state index >= 15 is 0 Å². The van der Waals surface area contributed by atoms with Gasteiger partial charge in [0.05, 0.1) is 13.5 Å². The number of anilines is 2. The molecule has 2 N–H and O–H groups in total. The predicted molar refractivity (Wildman–Crippen MR) is 97.1 cm³/mol. The lowest BCUT2D eigenvalue weighted by atomic mass is 10.1. The largest absolute Gasteiger partial charge is 0.497 e. The van der Waals surface area contributed by atoms with Crippen LogP contribution in [-0.2, 0) is 11.2 Å². The summed E-state index contributed by atoms with van der Waals surface area (Å²) >= 11 is 0. The van der Waals surface area contributed by atoms with Crippen molar-refractivity contribution < 1.29 is 14.3 Å². The van der Waals surface area contributed by atoms with Gasteiger partial charge in [-0.3, -0.25) is 9.69 Å². The van der Waals surface area contributed by atoms with Crippen LogP contribution >= 0.6 is 0 Å². The third kappa shape index (κ3) is 4.29. The van der Waals surface area contributed by atoms with E-state index in [-0.39, 0.29) is 11.9 Å². The molecule has 0 aliphatic carbocycles. The van der Waals surface area contributed by atoms with Crippen LogP contribution in [0.3, 0.4) is 0 Å². The fourth-order valence-electron chi connectivity index (χ4n) is 2.73. The van der Waals surface area contributed by atoms with Gasteiger partial charge in [0.1, 0.15) is 5.75 Å². The highest BCUT2D eigenvalue weighted by molar-refractivity contribution is 5.94. The van der Waals surface area contributed by atoms with E-state index in [2.05, 4.69) is 10.6 Å². The van der Waals surface area contributed by atoms with Crippen molar-refractivity contribution >= 4 is 23.3 Å². The fourth-order valence-corrected chi connectivity index (χ4v) is 2.73. The molecule has 6 heteroatoms. The molecule has 0 radical (unpaired) electrons. The predicted octanol–water partition coefficient (Wildman–Crippen LogP) is 2.80. The molecule has 1 fully saturated rings. The number of nitrogens with one attached hydrogen (secondary N) is 2. The summed E-state index contributed by atoms with van der Waals surface area (Å²) in [6.07, 6.45) is 1.21. The molecule has 25 heavy (non-hydrogen) atoms. The van der Waals surface area contributed by atoms with Gasteiger partial charge in [0, 0.05) is 24.5 Å². The minimum atomic E-state index is -0.0892. The van der Waals surface area contributed by atoms with Crippen molar-refractivity contribution in [2.45, 2.75) is 12.8 Å². The monoisotopic (exact) mass is 339 g/mol. The maximum absolute atomic E-state index is 12.2. The number of hydrogen-bond donors (Lipinski definition) is 2. The normalized spacial score (nSPS) is 14.0. The highest BCUT2D eigenvalue weighted by Gasteiger charge is 2.18. The molecule has 0 spiro atoms. The molecule has 0 bridgehead atoms. The average molecular weight is 339 g/mol. The second-order valence-electron chi connectivity index (χ2n) is 5.86. The van der Waals surface area contributed by atoms with Gasteiger partial charge in [-0.15, -0.1) is 0 Å². The van der Waals surface area contributed by atoms with Gasteiger partial charge in [0.2, 0.25) is 5.91 Å². The Kier molecular flexibility index (Phi) is 5.18. The number of methoxy groups -OCH3 is 1. The minimum Gasteiger partial charge on any atom is -0.497 e. The zero-order chi connectivity index (χ0) is 17.6. The Bertz CT molecular complexity index is 742. The topological polar surface area (TPSA) is 70.7 Å². The summed E-state index contributed by atoms with van der Waals surface area (Å²) in [6.45, 7) is 1.42. The van der Waals surface area contributed by atoms with Gasteiger partial charge in [0.25, 0.3) is 0 Å². The molecule has 0 aromatic heterocycles. The number of carbonyl (C=O) groups excluding carboxylic acids is 2. The molecule has 2 aromatic carbocycles. The minimum absolute atomic E-state index is 0.0810. The molecule has 0 saturated carbocycles. The van der Waals surface area contributed by atoms with Gasteiger partial charge in [0.15, 0.2) is 0 Å². The van der Waals surface area contributed by atoms with E-state index < -0.39 is 0 Å². The number of rotatable bonds is 5. The number of ether oxygens (including phenoxy) is 1. The lowest BCUT2D eigenvalue weighted by molar-refractivity contribution is -0.115. The van der Waals surface area contributed by atoms with Gasteiger partial charge in [-0.25, -0.2) is 4.79 Å². The smallest absolute Gasteiger partial charge is 0.321 e. The van der Waals surface area contributed by atoms with Crippen molar-refractivity contribution in [1.82, 2.24) is 5.32 Å². The molecular formula is C19H21N3O3. The van der Waals surface area contributed by atoms with Crippen molar-refractivity contribution in [3.8, 4) is 5.75 Å². The Morgan fingerprint density at radius 1 is 1.16 bits per heavy atom. The van der Waals surface area contributed by atoms with Crippen LogP contribution in [0.15, 0.2) is 48.5 Å². The number of amides is 3. The fraction of sp³-hybridized carbons (Fsp3) is 0.263. The van der Waals surface area contributed by atoms with Crippen molar-refractivity contribution in [3.63, 3.8) is 0 Å². The summed E-state index contributed by atoms with van der Waals surface area (Å²) in [7, 11) is 1.61. The van der Waals surface area contributed by atoms with Gasteiger partial charge < -0.3 is 15.4 Å². The van der Waals surface area contributed by atoms with Crippen LogP contribution in [0.25, 0.3) is 0 Å². The summed E-state index contributed by atoms with van der Waals surface area (Å²) < 4.78 is 5.11. The molecule has 2 aromatic rings. The van der Waals surface area contributed by atoms with Crippen molar-refractivity contribution in [2.75, 3.05) is 30.4 Å². The zero-order valence-electron chi connectivity index (χ0n) is 14.1. The first-order valence-electron chi connectivity index (χ1n) is 8.24. The molecule has 3 rings (SSSR count). The summed E-state index contributed by atoms with van der Waals surface area (Å²) in [4.78, 5) is 25.7. The van der Waals surface area contributed by atoms with Crippen LogP contribution in [0.5, 0.6) is 5.75 Å². The maximum Gasteiger partial charge on any atom is 0.321 e. The highest BCUT2D eigenvalue weighted by atomic mass is 16.5. The summed E-state index contributed by atoms with van der Waals surface area (Å²) in [5.74, 6) is 0.676. The molecule has 0 unspecified atom stereocenters. The third-order valence-corrected chi connectivity index (χ3v) is 4.07. The summed E-state index contributed by atoms with van der Waals surface area (Å²) in [5.41, 5.74) is 2.45. The first-order valence-corrected chi connectivity index (χ1v) is 8.24. The Balaban J connectivity index is 1.58. The lowest BCUT2D eigenvalue weighted by Gasteiger charge is -2.27. The van der Waals surface area contributed by atoms with Crippen molar-refractivity contribution in [2.24, 2.45) is 0 Å². The van der Waals surface area contributed by atoms with E-state index in [9.17, 15) is 9.59 Å². The van der Waals surface area contributed by atoms with Crippen LogP contribution < -0.4 is 20.3 Å². The number of urea groups is 1.